The Labute approximate surface area is 382 Å². The molecular weight excluding hydrogens is 839 g/mol. The molecule has 2 aromatic heterocycles. The number of non-ortho nitro benzene ring substituents is 1. The van der Waals surface area contributed by atoms with Gasteiger partial charge in [-0.25, -0.2) is 14.8 Å². The number of para-hydroxylation sites is 4. The second kappa shape index (κ2) is 21.2. The summed E-state index contributed by atoms with van der Waals surface area (Å²) in [6, 6.07) is 31.3. The molecule has 66 heavy (non-hydrogen) atoms. The van der Waals surface area contributed by atoms with E-state index in [1.54, 1.807) is 12.1 Å². The first kappa shape index (κ1) is 45.3. The van der Waals surface area contributed by atoms with Gasteiger partial charge in [-0.2, -0.15) is 0 Å². The summed E-state index contributed by atoms with van der Waals surface area (Å²) in [7, 11) is 0. The molecule has 0 saturated carbocycles. The Kier molecular flexibility index (Phi) is 14.5. The minimum atomic E-state index is -0.620. The van der Waals surface area contributed by atoms with Gasteiger partial charge in [-0.1, -0.05) is 60.7 Å². The van der Waals surface area contributed by atoms with Crippen molar-refractivity contribution in [2.75, 3.05) is 65.6 Å². The number of aromatic nitrogens is 2. The number of carbonyl (C=O) groups excluding carboxylic acids is 3. The number of nitrogens with one attached hydrogen (secondary N) is 2. The molecule has 3 amide bonds. The SMILES string of the molecule is Cc1cccc2cc3cccc(C(=O)NCCCN(CCCNC(=O)c4cccc5cc6cccc(C)c6nc45)C(=O)OCc4ccc([N+](=O)[O-])cc4OCCCN4CCOCC4)c3nc12. The fraction of sp³-hybridized carbons (Fsp3) is 0.314. The van der Waals surface area contributed by atoms with E-state index in [1.165, 1.54) is 23.1 Å². The number of carbonyl (C=O) groups is 3. The summed E-state index contributed by atoms with van der Waals surface area (Å²) < 4.78 is 17.3. The van der Waals surface area contributed by atoms with Crippen LogP contribution in [-0.2, 0) is 16.1 Å². The average Bonchev–Trinajstić information content (AvgIpc) is 3.33. The number of fused-ring (bicyclic) bond motifs is 4. The van der Waals surface area contributed by atoms with E-state index in [2.05, 4.69) is 15.5 Å². The fourth-order valence-corrected chi connectivity index (χ4v) is 8.30. The Morgan fingerprint density at radius 2 is 1.24 bits per heavy atom. The molecule has 0 spiro atoms. The maximum absolute atomic E-state index is 13.8. The van der Waals surface area contributed by atoms with E-state index < -0.39 is 11.0 Å². The molecule has 1 fully saturated rings. The molecular formula is C51H53N7O8. The predicted octanol–water partition coefficient (Wildman–Crippen LogP) is 8.29. The molecule has 2 N–H and O–H groups in total. The number of pyridine rings is 2. The molecule has 1 saturated heterocycles. The van der Waals surface area contributed by atoms with Gasteiger partial charge in [0, 0.05) is 79.0 Å². The van der Waals surface area contributed by atoms with Crippen LogP contribution in [0.3, 0.4) is 0 Å². The van der Waals surface area contributed by atoms with Crippen LogP contribution in [0.25, 0.3) is 43.6 Å². The quantitative estimate of drug-likeness (QED) is 0.0367. The number of rotatable bonds is 18. The summed E-state index contributed by atoms with van der Waals surface area (Å²) in [4.78, 5) is 65.8. The highest BCUT2D eigenvalue weighted by Gasteiger charge is 2.20. The average molecular weight is 892 g/mol. The van der Waals surface area contributed by atoms with Crippen molar-refractivity contribution < 1.29 is 33.5 Å². The van der Waals surface area contributed by atoms with E-state index >= 15 is 0 Å². The summed E-state index contributed by atoms with van der Waals surface area (Å²) in [5.74, 6) is -0.285. The first-order valence-electron chi connectivity index (χ1n) is 22.4. The van der Waals surface area contributed by atoms with Gasteiger partial charge in [0.1, 0.15) is 12.4 Å². The largest absolute Gasteiger partial charge is 0.493 e. The third kappa shape index (κ3) is 10.8. The van der Waals surface area contributed by atoms with Gasteiger partial charge in [0.25, 0.3) is 17.5 Å². The number of benzene rings is 5. The molecule has 1 aliphatic rings. The van der Waals surface area contributed by atoms with Gasteiger partial charge < -0.3 is 29.7 Å². The maximum atomic E-state index is 13.8. The van der Waals surface area contributed by atoms with Gasteiger partial charge in [-0.15, -0.1) is 0 Å². The second-order valence-electron chi connectivity index (χ2n) is 16.5. The van der Waals surface area contributed by atoms with Crippen LogP contribution in [-0.4, -0.2) is 108 Å². The molecule has 7 aromatic rings. The van der Waals surface area contributed by atoms with Crippen molar-refractivity contribution in [1.29, 1.82) is 0 Å². The Morgan fingerprint density at radius 3 is 1.79 bits per heavy atom. The highest BCUT2D eigenvalue weighted by atomic mass is 16.6. The zero-order valence-corrected chi connectivity index (χ0v) is 37.2. The number of morpholine rings is 1. The monoisotopic (exact) mass is 891 g/mol. The van der Waals surface area contributed by atoms with Crippen molar-refractivity contribution in [3.05, 3.63) is 141 Å². The minimum Gasteiger partial charge on any atom is -0.493 e. The number of hydrogen-bond acceptors (Lipinski definition) is 11. The van der Waals surface area contributed by atoms with Crippen LogP contribution >= 0.6 is 0 Å². The highest BCUT2D eigenvalue weighted by molar-refractivity contribution is 6.09. The minimum absolute atomic E-state index is 0.135. The van der Waals surface area contributed by atoms with E-state index in [9.17, 15) is 24.5 Å². The predicted molar refractivity (Wildman–Crippen MR) is 254 cm³/mol. The smallest absolute Gasteiger partial charge is 0.410 e. The molecule has 0 bridgehead atoms. The van der Waals surface area contributed by atoms with Crippen LogP contribution in [0.4, 0.5) is 10.5 Å². The number of amides is 3. The molecule has 15 heteroatoms. The zero-order valence-electron chi connectivity index (χ0n) is 37.2. The van der Waals surface area contributed by atoms with E-state index in [4.69, 9.17) is 24.2 Å². The van der Waals surface area contributed by atoms with Gasteiger partial charge in [-0.05, 0) is 74.6 Å². The molecule has 340 valence electrons. The van der Waals surface area contributed by atoms with Crippen LogP contribution in [0, 0.1) is 24.0 Å². The van der Waals surface area contributed by atoms with E-state index in [1.807, 2.05) is 86.6 Å². The van der Waals surface area contributed by atoms with Gasteiger partial charge in [0.2, 0.25) is 0 Å². The third-order valence-electron chi connectivity index (χ3n) is 11.9. The zero-order chi connectivity index (χ0) is 46.0. The van der Waals surface area contributed by atoms with Crippen molar-refractivity contribution in [2.24, 2.45) is 0 Å². The first-order valence-corrected chi connectivity index (χ1v) is 22.4. The van der Waals surface area contributed by atoms with E-state index in [-0.39, 0.29) is 56.0 Å². The third-order valence-corrected chi connectivity index (χ3v) is 11.9. The van der Waals surface area contributed by atoms with Crippen LogP contribution in [0.5, 0.6) is 5.75 Å². The topological polar surface area (TPSA) is 178 Å². The van der Waals surface area contributed by atoms with Crippen molar-refractivity contribution in [3.8, 4) is 5.75 Å². The Bertz CT molecular complexity index is 2770. The number of nitrogens with zero attached hydrogens (tertiary/aromatic N) is 5. The summed E-state index contributed by atoms with van der Waals surface area (Å²) in [6.45, 7) is 8.93. The maximum Gasteiger partial charge on any atom is 0.410 e. The molecule has 0 atom stereocenters. The van der Waals surface area contributed by atoms with Gasteiger partial charge in [0.15, 0.2) is 0 Å². The van der Waals surface area contributed by atoms with Crippen LogP contribution < -0.4 is 15.4 Å². The fourth-order valence-electron chi connectivity index (χ4n) is 8.30. The number of aryl methyl sites for hydroxylation is 2. The van der Waals surface area contributed by atoms with Crippen molar-refractivity contribution >= 4 is 67.2 Å². The molecule has 1 aliphatic heterocycles. The van der Waals surface area contributed by atoms with Crippen molar-refractivity contribution in [1.82, 2.24) is 30.4 Å². The summed E-state index contributed by atoms with van der Waals surface area (Å²) >= 11 is 0. The van der Waals surface area contributed by atoms with Crippen LogP contribution in [0.2, 0.25) is 0 Å². The van der Waals surface area contributed by atoms with E-state index in [0.717, 1.165) is 63.3 Å². The lowest BCUT2D eigenvalue weighted by atomic mass is 10.0. The molecule has 5 aromatic carbocycles. The van der Waals surface area contributed by atoms with Crippen molar-refractivity contribution in [3.63, 3.8) is 0 Å². The molecule has 0 aliphatic carbocycles. The second-order valence-corrected chi connectivity index (χ2v) is 16.5. The molecule has 0 unspecified atom stereocenters. The van der Waals surface area contributed by atoms with Crippen LogP contribution in [0.1, 0.15) is 56.7 Å². The Morgan fingerprint density at radius 1 is 0.712 bits per heavy atom. The van der Waals surface area contributed by atoms with Gasteiger partial charge >= 0.3 is 6.09 Å². The molecule has 8 rings (SSSR count). The molecule has 3 heterocycles. The number of ether oxygens (including phenoxy) is 3. The number of nitro groups is 1. The van der Waals surface area contributed by atoms with E-state index in [0.29, 0.717) is 66.8 Å². The summed E-state index contributed by atoms with van der Waals surface area (Å²) in [5, 5.41) is 21.4. The lowest BCUT2D eigenvalue weighted by molar-refractivity contribution is -0.385. The first-order chi connectivity index (χ1) is 32.1. The number of nitro benzene ring substituents is 1. The van der Waals surface area contributed by atoms with Crippen molar-refractivity contribution in [2.45, 2.75) is 39.7 Å². The normalized spacial score (nSPS) is 12.9. The standard InChI is InChI=1S/C51H53N7O8/c1-34-10-3-12-36-30-38-14-5-16-42(47(38)54-45(34)36)49(59)52-20-7-23-57(24-8-21-53-50(60)43-17-6-15-39-31-37-13-4-11-35(2)46(37)55-48(39)43)51(61)66-33-40-18-19-41(58(62)63)32-44(40)65-27-9-22-56-25-28-64-29-26-56/h3-6,10-19,30-32H,7-9,20-29,33H2,1-2H3,(H,52,59)(H,53,60). The summed E-state index contributed by atoms with van der Waals surface area (Å²) in [6.07, 6.45) is 0.879. The Balaban J connectivity index is 0.922. The highest BCUT2D eigenvalue weighted by Crippen LogP contribution is 2.28. The lowest BCUT2D eigenvalue weighted by Gasteiger charge is -2.26. The van der Waals surface area contributed by atoms with Crippen LogP contribution in [0.15, 0.2) is 103 Å². The summed E-state index contributed by atoms with van der Waals surface area (Å²) in [5.41, 5.74) is 6.19. The molecule has 15 nitrogen and oxygen atoms in total. The number of hydrogen-bond donors (Lipinski definition) is 2. The molecule has 0 radical (unpaired) electrons. The Hall–Kier alpha value is -7.23. The van der Waals surface area contributed by atoms with Gasteiger partial charge in [-0.3, -0.25) is 24.6 Å². The lowest BCUT2D eigenvalue weighted by Crippen LogP contribution is -2.37. The van der Waals surface area contributed by atoms with Gasteiger partial charge in [0.05, 0.1) is 64.0 Å².